The second-order valence-electron chi connectivity index (χ2n) is 8.98. The largest absolute Gasteiger partial charge is 0.487 e. The van der Waals surface area contributed by atoms with Gasteiger partial charge in [-0.1, -0.05) is 47.5 Å². The van der Waals surface area contributed by atoms with Crippen LogP contribution in [-0.4, -0.2) is 21.7 Å². The first kappa shape index (κ1) is 27.5. The lowest BCUT2D eigenvalue weighted by Crippen LogP contribution is -2.29. The molecule has 10 heteroatoms. The van der Waals surface area contributed by atoms with Crippen molar-refractivity contribution in [3.8, 4) is 22.6 Å². The SMILES string of the molecule is Cc1cc(-c2ccc(C(=O)NC(C)C)cc2)ccc1OCc1cc(C(F)(F)F)nn1-c1c(Cl)cccc1Cl. The van der Waals surface area contributed by atoms with E-state index in [0.29, 0.717) is 11.3 Å². The van der Waals surface area contributed by atoms with Gasteiger partial charge >= 0.3 is 6.18 Å². The van der Waals surface area contributed by atoms with Gasteiger partial charge < -0.3 is 10.1 Å². The van der Waals surface area contributed by atoms with E-state index in [9.17, 15) is 18.0 Å². The first-order valence-corrected chi connectivity index (χ1v) is 12.4. The van der Waals surface area contributed by atoms with Crippen LogP contribution in [0.15, 0.2) is 66.7 Å². The molecule has 5 nitrogen and oxygen atoms in total. The van der Waals surface area contributed by atoms with Crippen molar-refractivity contribution >= 4 is 29.1 Å². The van der Waals surface area contributed by atoms with Crippen molar-refractivity contribution in [1.29, 1.82) is 0 Å². The van der Waals surface area contributed by atoms with Gasteiger partial charge in [0.05, 0.1) is 15.7 Å². The van der Waals surface area contributed by atoms with Gasteiger partial charge in [0, 0.05) is 11.6 Å². The Hall–Kier alpha value is -3.49. The lowest BCUT2D eigenvalue weighted by molar-refractivity contribution is -0.141. The molecule has 0 aliphatic heterocycles. The third kappa shape index (κ3) is 6.14. The highest BCUT2D eigenvalue weighted by molar-refractivity contribution is 6.37. The van der Waals surface area contributed by atoms with E-state index in [-0.39, 0.29) is 40.0 Å². The summed E-state index contributed by atoms with van der Waals surface area (Å²) in [6, 6.07) is 18.3. The Morgan fingerprint density at radius 1 is 1.00 bits per heavy atom. The fourth-order valence-electron chi connectivity index (χ4n) is 3.85. The number of aryl methyl sites for hydroxylation is 1. The molecule has 0 aliphatic carbocycles. The van der Waals surface area contributed by atoms with Crippen LogP contribution < -0.4 is 10.1 Å². The Bertz CT molecular complexity index is 1450. The minimum atomic E-state index is -4.66. The quantitative estimate of drug-likeness (QED) is 0.249. The van der Waals surface area contributed by atoms with E-state index in [4.69, 9.17) is 27.9 Å². The minimum absolute atomic E-state index is 0.0396. The number of ether oxygens (including phenoxy) is 1. The molecule has 198 valence electrons. The molecule has 1 aromatic heterocycles. The highest BCUT2D eigenvalue weighted by atomic mass is 35.5. The summed E-state index contributed by atoms with van der Waals surface area (Å²) in [6.45, 7) is 5.43. The maximum absolute atomic E-state index is 13.5. The number of nitrogens with one attached hydrogen (secondary N) is 1. The highest BCUT2D eigenvalue weighted by Crippen LogP contribution is 2.34. The van der Waals surface area contributed by atoms with Crippen molar-refractivity contribution in [2.24, 2.45) is 0 Å². The van der Waals surface area contributed by atoms with Crippen LogP contribution in [-0.2, 0) is 12.8 Å². The molecule has 4 aromatic rings. The summed E-state index contributed by atoms with van der Waals surface area (Å²) in [4.78, 5) is 12.2. The third-order valence-corrected chi connectivity index (χ3v) is 6.28. The molecule has 0 saturated carbocycles. The van der Waals surface area contributed by atoms with Crippen LogP contribution in [0.4, 0.5) is 13.2 Å². The number of hydrogen-bond donors (Lipinski definition) is 1. The number of alkyl halides is 3. The lowest BCUT2D eigenvalue weighted by Gasteiger charge is -2.14. The summed E-state index contributed by atoms with van der Waals surface area (Å²) >= 11 is 12.5. The third-order valence-electron chi connectivity index (χ3n) is 5.67. The molecule has 0 fully saturated rings. The molecule has 0 saturated heterocycles. The Labute approximate surface area is 228 Å². The molecule has 0 bridgehead atoms. The predicted molar refractivity (Wildman–Crippen MR) is 142 cm³/mol. The lowest BCUT2D eigenvalue weighted by atomic mass is 10.0. The smallest absolute Gasteiger partial charge is 0.435 e. The van der Waals surface area contributed by atoms with Gasteiger partial charge in [0.1, 0.15) is 18.0 Å². The summed E-state index contributed by atoms with van der Waals surface area (Å²) in [5.41, 5.74) is 2.34. The fraction of sp³-hybridized carbons (Fsp3) is 0.214. The molecule has 0 atom stereocenters. The number of nitrogens with zero attached hydrogens (tertiary/aromatic N) is 2. The first-order valence-electron chi connectivity index (χ1n) is 11.7. The van der Waals surface area contributed by atoms with Gasteiger partial charge in [-0.3, -0.25) is 4.79 Å². The van der Waals surface area contributed by atoms with Crippen LogP contribution in [0.1, 0.15) is 41.2 Å². The summed E-state index contributed by atoms with van der Waals surface area (Å²) in [7, 11) is 0. The predicted octanol–water partition coefficient (Wildman–Crippen LogP) is 7.89. The number of carbonyl (C=O) groups excluding carboxylic acids is 1. The molecule has 1 heterocycles. The van der Waals surface area contributed by atoms with Crippen LogP contribution in [0.2, 0.25) is 10.0 Å². The van der Waals surface area contributed by atoms with Gasteiger partial charge in [0.2, 0.25) is 0 Å². The number of halogens is 5. The Balaban J connectivity index is 1.56. The maximum atomic E-state index is 13.5. The van der Waals surface area contributed by atoms with Crippen LogP contribution in [0, 0.1) is 6.92 Å². The molecular formula is C28H24Cl2F3N3O2. The van der Waals surface area contributed by atoms with E-state index >= 15 is 0 Å². The molecular weight excluding hydrogens is 538 g/mol. The Kier molecular flexibility index (Phi) is 8.04. The molecule has 3 aromatic carbocycles. The number of hydrogen-bond acceptors (Lipinski definition) is 3. The number of para-hydroxylation sites is 1. The number of aromatic nitrogens is 2. The molecule has 0 spiro atoms. The summed E-state index contributed by atoms with van der Waals surface area (Å²) < 4.78 is 47.3. The zero-order chi connectivity index (χ0) is 27.6. The second-order valence-corrected chi connectivity index (χ2v) is 9.79. The van der Waals surface area contributed by atoms with Crippen molar-refractivity contribution in [2.75, 3.05) is 0 Å². The Morgan fingerprint density at radius 3 is 2.21 bits per heavy atom. The van der Waals surface area contributed by atoms with E-state index in [1.54, 1.807) is 24.3 Å². The Morgan fingerprint density at radius 2 is 1.63 bits per heavy atom. The van der Waals surface area contributed by atoms with Gasteiger partial charge in [-0.05, 0) is 79.9 Å². The van der Waals surface area contributed by atoms with E-state index in [1.807, 2.05) is 45.0 Å². The number of carbonyl (C=O) groups is 1. The van der Waals surface area contributed by atoms with E-state index in [0.717, 1.165) is 27.4 Å². The number of amides is 1. The molecule has 1 N–H and O–H groups in total. The monoisotopic (exact) mass is 561 g/mol. The molecule has 1 amide bonds. The van der Waals surface area contributed by atoms with Gasteiger partial charge in [0.15, 0.2) is 5.69 Å². The van der Waals surface area contributed by atoms with Gasteiger partial charge in [-0.2, -0.15) is 18.3 Å². The first-order chi connectivity index (χ1) is 17.9. The van der Waals surface area contributed by atoms with Crippen LogP contribution in [0.3, 0.4) is 0 Å². The van der Waals surface area contributed by atoms with Crippen molar-refractivity contribution in [1.82, 2.24) is 15.1 Å². The average Bonchev–Trinajstić information content (AvgIpc) is 3.27. The normalized spacial score (nSPS) is 11.6. The van der Waals surface area contributed by atoms with Gasteiger partial charge in [-0.15, -0.1) is 0 Å². The average molecular weight is 562 g/mol. The van der Waals surface area contributed by atoms with E-state index in [2.05, 4.69) is 10.4 Å². The number of benzene rings is 3. The van der Waals surface area contributed by atoms with E-state index < -0.39 is 11.9 Å². The summed E-state index contributed by atoms with van der Waals surface area (Å²) in [6.07, 6.45) is -4.66. The van der Waals surface area contributed by atoms with Crippen molar-refractivity contribution < 1.29 is 22.7 Å². The zero-order valence-corrected chi connectivity index (χ0v) is 22.2. The molecule has 0 unspecified atom stereocenters. The molecule has 38 heavy (non-hydrogen) atoms. The number of rotatable bonds is 7. The maximum Gasteiger partial charge on any atom is 0.435 e. The summed E-state index contributed by atoms with van der Waals surface area (Å²) in [5.74, 6) is 0.353. The molecule has 0 radical (unpaired) electrons. The summed E-state index contributed by atoms with van der Waals surface area (Å²) in [5, 5.41) is 6.88. The van der Waals surface area contributed by atoms with E-state index in [1.165, 1.54) is 12.1 Å². The second kappa shape index (κ2) is 11.1. The van der Waals surface area contributed by atoms with Crippen molar-refractivity contribution in [2.45, 2.75) is 39.6 Å². The van der Waals surface area contributed by atoms with Gasteiger partial charge in [0.25, 0.3) is 5.91 Å². The minimum Gasteiger partial charge on any atom is -0.487 e. The molecule has 4 rings (SSSR count). The van der Waals surface area contributed by atoms with Crippen LogP contribution in [0.25, 0.3) is 16.8 Å². The standard InChI is InChI=1S/C28H24Cl2F3N3O2/c1-16(2)34-27(37)19-9-7-18(8-10-19)20-11-12-24(17(3)13-20)38-15-21-14-25(28(31,32)33)35-36(21)26-22(29)5-4-6-23(26)30/h4-14,16H,15H2,1-3H3,(H,34,37). The van der Waals surface area contributed by atoms with Crippen LogP contribution in [0.5, 0.6) is 5.75 Å². The zero-order valence-electron chi connectivity index (χ0n) is 20.7. The van der Waals surface area contributed by atoms with Gasteiger partial charge in [-0.25, -0.2) is 4.68 Å². The van der Waals surface area contributed by atoms with Crippen molar-refractivity contribution in [3.63, 3.8) is 0 Å². The topological polar surface area (TPSA) is 56.1 Å². The highest BCUT2D eigenvalue weighted by Gasteiger charge is 2.35. The van der Waals surface area contributed by atoms with Crippen LogP contribution >= 0.6 is 23.2 Å². The fourth-order valence-corrected chi connectivity index (χ4v) is 4.41. The van der Waals surface area contributed by atoms with Crippen molar-refractivity contribution in [3.05, 3.63) is 99.3 Å². The molecule has 0 aliphatic rings.